The lowest BCUT2D eigenvalue weighted by atomic mass is 10.1. The van der Waals surface area contributed by atoms with E-state index in [1.165, 1.54) is 36.2 Å². The lowest BCUT2D eigenvalue weighted by molar-refractivity contribution is -0.137. The van der Waals surface area contributed by atoms with Crippen LogP contribution in [0.15, 0.2) is 42.6 Å². The van der Waals surface area contributed by atoms with Gasteiger partial charge in [0.1, 0.15) is 17.2 Å². The molecule has 0 fully saturated rings. The maximum absolute atomic E-state index is 12.7. The number of aromatic nitrogens is 3. The van der Waals surface area contributed by atoms with Crippen molar-refractivity contribution in [2.75, 3.05) is 7.11 Å². The minimum atomic E-state index is -4.40. The topological polar surface area (TPSA) is 60.2 Å². The first-order valence-corrected chi connectivity index (χ1v) is 7.83. The van der Waals surface area contributed by atoms with Crippen molar-refractivity contribution in [2.24, 2.45) is 0 Å². The van der Waals surface area contributed by atoms with E-state index in [2.05, 4.69) is 10.3 Å². The average molecular weight is 363 g/mol. The quantitative estimate of drug-likeness (QED) is 0.754. The zero-order chi connectivity index (χ0) is 18.9. The van der Waals surface area contributed by atoms with Gasteiger partial charge in [-0.15, -0.1) is 5.10 Å². The molecule has 1 aromatic heterocycles. The molecule has 3 rings (SSSR count). The second-order valence-corrected chi connectivity index (χ2v) is 5.61. The van der Waals surface area contributed by atoms with Crippen molar-refractivity contribution < 1.29 is 23.0 Å². The fraction of sp³-hybridized carbons (Fsp3) is 0.222. The molecule has 3 aromatic rings. The molecule has 26 heavy (non-hydrogen) atoms. The molecule has 0 bridgehead atoms. The molecule has 8 heteroatoms. The smallest absolute Gasteiger partial charge is 0.416 e. The predicted molar refractivity (Wildman–Crippen MR) is 89.4 cm³/mol. The van der Waals surface area contributed by atoms with Crippen molar-refractivity contribution in [2.45, 2.75) is 19.5 Å². The number of phenols is 1. The molecule has 1 heterocycles. The van der Waals surface area contributed by atoms with Gasteiger partial charge in [0.15, 0.2) is 0 Å². The highest BCUT2D eigenvalue weighted by molar-refractivity contribution is 5.64. The van der Waals surface area contributed by atoms with Crippen LogP contribution in [-0.2, 0) is 12.6 Å². The van der Waals surface area contributed by atoms with E-state index in [9.17, 15) is 18.3 Å². The monoisotopic (exact) mass is 363 g/mol. The lowest BCUT2D eigenvalue weighted by Gasteiger charge is -2.13. The number of hydrogen-bond donors (Lipinski definition) is 1. The summed E-state index contributed by atoms with van der Waals surface area (Å²) in [6, 6.07) is 7.89. The SMILES string of the molecule is CCc1cc(-n2nncc2-c2ccc(C(F)(F)F)cc2)c(O)cc1OC. The zero-order valence-corrected chi connectivity index (χ0v) is 14.1. The summed E-state index contributed by atoms with van der Waals surface area (Å²) in [5, 5.41) is 18.1. The Morgan fingerprint density at radius 3 is 2.42 bits per heavy atom. The Kier molecular flexibility index (Phi) is 4.58. The van der Waals surface area contributed by atoms with Crippen LogP contribution < -0.4 is 4.74 Å². The van der Waals surface area contributed by atoms with Crippen molar-refractivity contribution in [3.8, 4) is 28.4 Å². The molecule has 0 aliphatic rings. The third-order valence-electron chi connectivity index (χ3n) is 4.04. The number of alkyl halides is 3. The highest BCUT2D eigenvalue weighted by atomic mass is 19.4. The summed E-state index contributed by atoms with van der Waals surface area (Å²) in [5.74, 6) is 0.475. The Bertz CT molecular complexity index is 918. The van der Waals surface area contributed by atoms with Crippen LogP contribution in [0.5, 0.6) is 11.5 Å². The van der Waals surface area contributed by atoms with Gasteiger partial charge in [0, 0.05) is 11.6 Å². The van der Waals surface area contributed by atoms with Crippen LogP contribution in [-0.4, -0.2) is 27.2 Å². The van der Waals surface area contributed by atoms with Crippen LogP contribution in [0.25, 0.3) is 16.9 Å². The van der Waals surface area contributed by atoms with Crippen LogP contribution in [0.1, 0.15) is 18.1 Å². The average Bonchev–Trinajstić information content (AvgIpc) is 3.10. The van der Waals surface area contributed by atoms with Crippen LogP contribution >= 0.6 is 0 Å². The summed E-state index contributed by atoms with van der Waals surface area (Å²) < 4.78 is 44.8. The number of methoxy groups -OCH3 is 1. The number of aryl methyl sites for hydroxylation is 1. The van der Waals surface area contributed by atoms with E-state index in [1.54, 1.807) is 6.07 Å². The van der Waals surface area contributed by atoms with E-state index in [-0.39, 0.29) is 5.75 Å². The van der Waals surface area contributed by atoms with Gasteiger partial charge >= 0.3 is 6.18 Å². The van der Waals surface area contributed by atoms with Crippen LogP contribution in [0.2, 0.25) is 0 Å². The number of phenolic OH excluding ortho intramolecular Hbond substituents is 1. The fourth-order valence-corrected chi connectivity index (χ4v) is 2.68. The Labute approximate surface area is 147 Å². The molecule has 0 aliphatic carbocycles. The molecule has 136 valence electrons. The first-order valence-electron chi connectivity index (χ1n) is 7.83. The highest BCUT2D eigenvalue weighted by Crippen LogP contribution is 2.34. The van der Waals surface area contributed by atoms with Gasteiger partial charge in [0.25, 0.3) is 0 Å². The molecule has 0 saturated carbocycles. The van der Waals surface area contributed by atoms with Gasteiger partial charge in [-0.2, -0.15) is 13.2 Å². The lowest BCUT2D eigenvalue weighted by Crippen LogP contribution is -2.05. The molecule has 0 saturated heterocycles. The second-order valence-electron chi connectivity index (χ2n) is 5.61. The van der Waals surface area contributed by atoms with Gasteiger partial charge in [-0.1, -0.05) is 24.3 Å². The molecule has 0 aliphatic heterocycles. The van der Waals surface area contributed by atoms with Crippen molar-refractivity contribution >= 4 is 0 Å². The molecule has 0 spiro atoms. The minimum absolute atomic E-state index is 0.0716. The third-order valence-corrected chi connectivity index (χ3v) is 4.04. The maximum Gasteiger partial charge on any atom is 0.416 e. The van der Waals surface area contributed by atoms with Crippen LogP contribution in [0.4, 0.5) is 13.2 Å². The highest BCUT2D eigenvalue weighted by Gasteiger charge is 2.30. The summed E-state index contributed by atoms with van der Waals surface area (Å²) in [5.41, 5.74) is 1.45. The van der Waals surface area contributed by atoms with Gasteiger partial charge in [-0.3, -0.25) is 0 Å². The summed E-state index contributed by atoms with van der Waals surface area (Å²) in [6.07, 6.45) is -2.31. The van der Waals surface area contributed by atoms with Gasteiger partial charge in [0.2, 0.25) is 0 Å². The molecule has 5 nitrogen and oxygen atoms in total. The summed E-state index contributed by atoms with van der Waals surface area (Å²) >= 11 is 0. The normalized spacial score (nSPS) is 11.6. The Morgan fingerprint density at radius 1 is 1.15 bits per heavy atom. The van der Waals surface area contributed by atoms with E-state index in [0.717, 1.165) is 17.7 Å². The number of hydrogen-bond acceptors (Lipinski definition) is 4. The standard InChI is InChI=1S/C18H16F3N3O2/c1-3-11-8-14(16(25)9-17(11)26-2)24-15(10-22-23-24)12-4-6-13(7-5-12)18(19,20)21/h4-10,25H,3H2,1-2H3. The van der Waals surface area contributed by atoms with Crippen LogP contribution in [0, 0.1) is 0 Å². The largest absolute Gasteiger partial charge is 0.506 e. The van der Waals surface area contributed by atoms with E-state index >= 15 is 0 Å². The van der Waals surface area contributed by atoms with Crippen molar-refractivity contribution in [1.82, 2.24) is 15.0 Å². The van der Waals surface area contributed by atoms with E-state index in [4.69, 9.17) is 4.74 Å². The molecule has 0 amide bonds. The summed E-state index contributed by atoms with van der Waals surface area (Å²) in [4.78, 5) is 0. The first-order chi connectivity index (χ1) is 12.3. The predicted octanol–water partition coefficient (Wildman–Crippen LogP) is 4.23. The Hall–Kier alpha value is -3.03. The number of nitrogens with zero attached hydrogens (tertiary/aromatic N) is 3. The van der Waals surface area contributed by atoms with Gasteiger partial charge in [-0.05, 0) is 30.2 Å². The molecule has 0 unspecified atom stereocenters. The number of halogens is 3. The fourth-order valence-electron chi connectivity index (χ4n) is 2.68. The van der Waals surface area contributed by atoms with E-state index in [0.29, 0.717) is 29.1 Å². The third kappa shape index (κ3) is 3.22. The summed E-state index contributed by atoms with van der Waals surface area (Å²) in [6.45, 7) is 1.94. The van der Waals surface area contributed by atoms with Gasteiger partial charge < -0.3 is 9.84 Å². The Balaban J connectivity index is 2.07. The van der Waals surface area contributed by atoms with Gasteiger partial charge in [0.05, 0.1) is 24.6 Å². The Morgan fingerprint density at radius 2 is 1.85 bits per heavy atom. The first kappa shape index (κ1) is 17.8. The zero-order valence-electron chi connectivity index (χ0n) is 14.1. The molecular weight excluding hydrogens is 347 g/mol. The molecule has 0 atom stereocenters. The number of aromatic hydroxyl groups is 1. The molecule has 1 N–H and O–H groups in total. The van der Waals surface area contributed by atoms with Crippen LogP contribution in [0.3, 0.4) is 0 Å². The molecule has 2 aromatic carbocycles. The number of rotatable bonds is 4. The second kappa shape index (κ2) is 6.70. The molecule has 0 radical (unpaired) electrons. The minimum Gasteiger partial charge on any atom is -0.506 e. The van der Waals surface area contributed by atoms with Gasteiger partial charge in [-0.25, -0.2) is 4.68 Å². The van der Waals surface area contributed by atoms with E-state index < -0.39 is 11.7 Å². The maximum atomic E-state index is 12.7. The van der Waals surface area contributed by atoms with E-state index in [1.807, 2.05) is 6.92 Å². The number of ether oxygens (including phenoxy) is 1. The number of benzene rings is 2. The molecular formula is C18H16F3N3O2. The van der Waals surface area contributed by atoms with Crippen molar-refractivity contribution in [3.63, 3.8) is 0 Å². The summed E-state index contributed by atoms with van der Waals surface area (Å²) in [7, 11) is 1.51. The van der Waals surface area contributed by atoms with Crippen molar-refractivity contribution in [3.05, 3.63) is 53.7 Å². The van der Waals surface area contributed by atoms with Crippen molar-refractivity contribution in [1.29, 1.82) is 0 Å².